The Balaban J connectivity index is 1.84. The van der Waals surface area contributed by atoms with Crippen LogP contribution in [0.4, 0.5) is 0 Å². The normalized spacial score (nSPS) is 20.5. The van der Waals surface area contributed by atoms with Crippen molar-refractivity contribution < 1.29 is 19.1 Å². The van der Waals surface area contributed by atoms with Crippen molar-refractivity contribution in [2.75, 3.05) is 20.2 Å². The summed E-state index contributed by atoms with van der Waals surface area (Å²) in [5.41, 5.74) is 0. The summed E-state index contributed by atoms with van der Waals surface area (Å²) < 4.78 is 4.91. The highest BCUT2D eigenvalue weighted by atomic mass is 16.5. The lowest BCUT2D eigenvalue weighted by Crippen LogP contribution is -2.48. The van der Waals surface area contributed by atoms with Gasteiger partial charge in [-0.05, 0) is 31.6 Å². The van der Waals surface area contributed by atoms with Gasteiger partial charge in [0.25, 0.3) is 0 Å². The van der Waals surface area contributed by atoms with E-state index in [9.17, 15) is 14.4 Å². The number of amides is 2. The molecule has 0 aromatic carbocycles. The molecule has 0 unspecified atom stereocenters. The van der Waals surface area contributed by atoms with E-state index in [-0.39, 0.29) is 23.7 Å². The SMILES string of the molecule is CCCC(=O)N1CCC(C(=O)N[C@@H](CC2CCCCC2)C(=O)OC)CC1. The molecule has 0 aromatic heterocycles. The monoisotopic (exact) mass is 366 g/mol. The van der Waals surface area contributed by atoms with Gasteiger partial charge in [0.15, 0.2) is 0 Å². The van der Waals surface area contributed by atoms with Gasteiger partial charge in [0.1, 0.15) is 6.04 Å². The summed E-state index contributed by atoms with van der Waals surface area (Å²) in [6.07, 6.45) is 9.35. The van der Waals surface area contributed by atoms with Gasteiger partial charge in [-0.2, -0.15) is 0 Å². The molecule has 0 spiro atoms. The van der Waals surface area contributed by atoms with Crippen molar-refractivity contribution in [2.45, 2.75) is 77.2 Å². The summed E-state index contributed by atoms with van der Waals surface area (Å²) in [5, 5.41) is 2.94. The van der Waals surface area contributed by atoms with Crippen LogP contribution in [0.2, 0.25) is 0 Å². The number of methoxy groups -OCH3 is 1. The second-order valence-electron chi connectivity index (χ2n) is 7.73. The molecular weight excluding hydrogens is 332 g/mol. The molecule has 1 saturated heterocycles. The van der Waals surface area contributed by atoms with Crippen LogP contribution in [-0.2, 0) is 19.1 Å². The van der Waals surface area contributed by atoms with Crippen molar-refractivity contribution >= 4 is 17.8 Å². The zero-order chi connectivity index (χ0) is 18.9. The Labute approximate surface area is 157 Å². The highest BCUT2D eigenvalue weighted by Crippen LogP contribution is 2.28. The first-order valence-electron chi connectivity index (χ1n) is 10.2. The van der Waals surface area contributed by atoms with E-state index in [1.807, 2.05) is 11.8 Å². The van der Waals surface area contributed by atoms with Gasteiger partial charge in [0, 0.05) is 25.4 Å². The number of hydrogen-bond donors (Lipinski definition) is 1. The van der Waals surface area contributed by atoms with Crippen molar-refractivity contribution in [3.05, 3.63) is 0 Å². The van der Waals surface area contributed by atoms with E-state index in [0.29, 0.717) is 44.7 Å². The maximum atomic E-state index is 12.7. The van der Waals surface area contributed by atoms with Gasteiger partial charge in [0.05, 0.1) is 7.11 Å². The molecule has 2 amide bonds. The topological polar surface area (TPSA) is 75.7 Å². The first kappa shape index (κ1) is 20.7. The van der Waals surface area contributed by atoms with Gasteiger partial charge in [-0.3, -0.25) is 9.59 Å². The third-order valence-electron chi connectivity index (χ3n) is 5.78. The van der Waals surface area contributed by atoms with Crippen molar-refractivity contribution in [1.82, 2.24) is 10.2 Å². The minimum Gasteiger partial charge on any atom is -0.467 e. The Morgan fingerprint density at radius 2 is 1.73 bits per heavy atom. The van der Waals surface area contributed by atoms with Crippen LogP contribution in [0.5, 0.6) is 0 Å². The molecule has 1 aliphatic heterocycles. The standard InChI is InChI=1S/C20H34N2O4/c1-3-7-18(23)22-12-10-16(11-13-22)19(24)21-17(20(25)26-2)14-15-8-5-4-6-9-15/h15-17H,3-14H2,1-2H3,(H,21,24)/t17-/m0/s1. The summed E-state index contributed by atoms with van der Waals surface area (Å²) >= 11 is 0. The summed E-state index contributed by atoms with van der Waals surface area (Å²) in [7, 11) is 1.38. The third-order valence-corrected chi connectivity index (χ3v) is 5.78. The quantitative estimate of drug-likeness (QED) is 0.703. The van der Waals surface area contributed by atoms with Crippen LogP contribution in [0, 0.1) is 11.8 Å². The van der Waals surface area contributed by atoms with Crippen molar-refractivity contribution in [1.29, 1.82) is 0 Å². The zero-order valence-electron chi connectivity index (χ0n) is 16.3. The van der Waals surface area contributed by atoms with Gasteiger partial charge in [0.2, 0.25) is 11.8 Å². The molecule has 0 aromatic rings. The molecule has 26 heavy (non-hydrogen) atoms. The fraction of sp³-hybridized carbons (Fsp3) is 0.850. The molecule has 1 atom stereocenters. The lowest BCUT2D eigenvalue weighted by molar-refractivity contribution is -0.146. The molecule has 148 valence electrons. The predicted molar refractivity (Wildman–Crippen MR) is 99.4 cm³/mol. The number of ether oxygens (including phenoxy) is 1. The van der Waals surface area contributed by atoms with Crippen molar-refractivity contribution in [2.24, 2.45) is 11.8 Å². The highest BCUT2D eigenvalue weighted by Gasteiger charge is 2.31. The van der Waals surface area contributed by atoms with E-state index >= 15 is 0 Å². The molecule has 1 heterocycles. The number of esters is 1. The first-order valence-corrected chi connectivity index (χ1v) is 10.2. The number of hydrogen-bond acceptors (Lipinski definition) is 4. The average molecular weight is 367 g/mol. The van der Waals surface area contributed by atoms with Crippen LogP contribution in [-0.4, -0.2) is 48.9 Å². The van der Waals surface area contributed by atoms with Crippen LogP contribution in [0.15, 0.2) is 0 Å². The number of likely N-dealkylation sites (tertiary alicyclic amines) is 1. The van der Waals surface area contributed by atoms with E-state index in [1.54, 1.807) is 0 Å². The lowest BCUT2D eigenvalue weighted by Gasteiger charge is -2.32. The Morgan fingerprint density at radius 1 is 1.08 bits per heavy atom. The van der Waals surface area contributed by atoms with Crippen molar-refractivity contribution in [3.8, 4) is 0 Å². The van der Waals surface area contributed by atoms with Crippen LogP contribution in [0.1, 0.15) is 71.1 Å². The maximum absolute atomic E-state index is 12.7. The van der Waals surface area contributed by atoms with E-state index in [4.69, 9.17) is 4.74 Å². The fourth-order valence-electron chi connectivity index (χ4n) is 4.17. The number of piperidine rings is 1. The second kappa shape index (κ2) is 10.5. The summed E-state index contributed by atoms with van der Waals surface area (Å²) in [6.45, 7) is 3.25. The molecule has 2 aliphatic rings. The first-order chi connectivity index (χ1) is 12.5. The van der Waals surface area contributed by atoms with Crippen LogP contribution < -0.4 is 5.32 Å². The zero-order valence-corrected chi connectivity index (χ0v) is 16.3. The van der Waals surface area contributed by atoms with Gasteiger partial charge in [-0.1, -0.05) is 39.0 Å². The molecule has 6 nitrogen and oxygen atoms in total. The Bertz CT molecular complexity index is 480. The third kappa shape index (κ3) is 5.99. The summed E-state index contributed by atoms with van der Waals surface area (Å²) in [5.74, 6) is 0.121. The smallest absolute Gasteiger partial charge is 0.328 e. The Hall–Kier alpha value is -1.59. The maximum Gasteiger partial charge on any atom is 0.328 e. The van der Waals surface area contributed by atoms with Crippen molar-refractivity contribution in [3.63, 3.8) is 0 Å². The number of nitrogens with zero attached hydrogens (tertiary/aromatic N) is 1. The lowest BCUT2D eigenvalue weighted by atomic mass is 9.84. The molecule has 1 N–H and O–H groups in total. The molecule has 1 saturated carbocycles. The van der Waals surface area contributed by atoms with E-state index < -0.39 is 6.04 Å². The van der Waals surface area contributed by atoms with E-state index in [1.165, 1.54) is 26.4 Å². The number of rotatable bonds is 7. The molecule has 1 aliphatic carbocycles. The second-order valence-corrected chi connectivity index (χ2v) is 7.73. The summed E-state index contributed by atoms with van der Waals surface area (Å²) in [4.78, 5) is 38.6. The number of carbonyl (C=O) groups is 3. The van der Waals surface area contributed by atoms with Crippen LogP contribution >= 0.6 is 0 Å². The van der Waals surface area contributed by atoms with Crippen LogP contribution in [0.3, 0.4) is 0 Å². The molecule has 0 radical (unpaired) electrons. The van der Waals surface area contributed by atoms with Gasteiger partial charge < -0.3 is 15.0 Å². The minimum atomic E-state index is -0.546. The van der Waals surface area contributed by atoms with Gasteiger partial charge in [-0.15, -0.1) is 0 Å². The summed E-state index contributed by atoms with van der Waals surface area (Å²) in [6, 6.07) is -0.546. The highest BCUT2D eigenvalue weighted by molar-refractivity contribution is 5.86. The van der Waals surface area contributed by atoms with Gasteiger partial charge >= 0.3 is 5.97 Å². The molecule has 2 rings (SSSR count). The average Bonchev–Trinajstić information content (AvgIpc) is 2.68. The van der Waals surface area contributed by atoms with E-state index in [0.717, 1.165) is 19.3 Å². The van der Waals surface area contributed by atoms with Gasteiger partial charge in [-0.25, -0.2) is 4.79 Å². The molecule has 2 fully saturated rings. The Morgan fingerprint density at radius 3 is 2.31 bits per heavy atom. The minimum absolute atomic E-state index is 0.0706. The largest absolute Gasteiger partial charge is 0.467 e. The number of nitrogens with one attached hydrogen (secondary N) is 1. The van der Waals surface area contributed by atoms with Crippen LogP contribution in [0.25, 0.3) is 0 Å². The predicted octanol–water partition coefficient (Wildman–Crippen LogP) is 2.65. The molecule has 0 bridgehead atoms. The molecular formula is C20H34N2O4. The molecule has 6 heteroatoms. The fourth-order valence-corrected chi connectivity index (χ4v) is 4.17. The number of carbonyl (C=O) groups excluding carboxylic acids is 3. The van der Waals surface area contributed by atoms with E-state index in [2.05, 4.69) is 5.32 Å². The Kier molecular flexibility index (Phi) is 8.39.